The number of furan rings is 1. The van der Waals surface area contributed by atoms with Gasteiger partial charge in [-0.15, -0.1) is 0 Å². The maximum absolute atomic E-state index is 11.8. The molecule has 0 radical (unpaired) electrons. The van der Waals surface area contributed by atoms with Crippen LogP contribution in [-0.2, 0) is 4.74 Å². The Morgan fingerprint density at radius 3 is 2.74 bits per heavy atom. The second-order valence-electron chi connectivity index (χ2n) is 3.62. The average molecular weight is 280 g/mol. The number of carbonyl (C=O) groups excluding carboxylic acids is 2. The van der Waals surface area contributed by atoms with Crippen LogP contribution in [0.5, 0.6) is 0 Å². The number of rotatable bonds is 3. The van der Waals surface area contributed by atoms with Gasteiger partial charge in [0.2, 0.25) is 0 Å². The number of anilines is 1. The Hall–Kier alpha value is -2.27. The van der Waals surface area contributed by atoms with Crippen molar-refractivity contribution in [3.8, 4) is 0 Å². The highest BCUT2D eigenvalue weighted by molar-refractivity contribution is 6.34. The SMILES string of the molecule is COC(=O)c1ccc(Cl)c(NC(=O)c2ccco2)c1. The van der Waals surface area contributed by atoms with Crippen LogP contribution in [0.2, 0.25) is 5.02 Å². The highest BCUT2D eigenvalue weighted by Gasteiger charge is 2.13. The molecule has 19 heavy (non-hydrogen) atoms. The van der Waals surface area contributed by atoms with E-state index in [1.165, 1.54) is 37.6 Å². The lowest BCUT2D eigenvalue weighted by Crippen LogP contribution is -2.12. The van der Waals surface area contributed by atoms with Crippen LogP contribution in [0.4, 0.5) is 5.69 Å². The molecule has 0 saturated heterocycles. The molecule has 1 N–H and O–H groups in total. The summed E-state index contributed by atoms with van der Waals surface area (Å²) >= 11 is 5.95. The minimum absolute atomic E-state index is 0.152. The standard InChI is InChI=1S/C13H10ClNO4/c1-18-13(17)8-4-5-9(14)10(7-8)15-12(16)11-3-2-6-19-11/h2-7H,1H3,(H,15,16). The van der Waals surface area contributed by atoms with Crippen molar-refractivity contribution in [2.75, 3.05) is 12.4 Å². The van der Waals surface area contributed by atoms with Gasteiger partial charge in [-0.05, 0) is 30.3 Å². The van der Waals surface area contributed by atoms with Gasteiger partial charge in [-0.25, -0.2) is 4.79 Å². The van der Waals surface area contributed by atoms with Crippen LogP contribution in [-0.4, -0.2) is 19.0 Å². The van der Waals surface area contributed by atoms with Crippen molar-refractivity contribution < 1.29 is 18.7 Å². The Labute approximate surface area is 114 Å². The summed E-state index contributed by atoms with van der Waals surface area (Å²) < 4.78 is 9.55. The monoisotopic (exact) mass is 279 g/mol. The number of esters is 1. The highest BCUT2D eigenvalue weighted by Crippen LogP contribution is 2.24. The van der Waals surface area contributed by atoms with Gasteiger partial charge in [-0.2, -0.15) is 0 Å². The number of hydrogen-bond acceptors (Lipinski definition) is 4. The summed E-state index contributed by atoms with van der Waals surface area (Å²) in [6.45, 7) is 0. The molecule has 0 bridgehead atoms. The quantitative estimate of drug-likeness (QED) is 0.877. The van der Waals surface area contributed by atoms with E-state index in [1.54, 1.807) is 6.07 Å². The van der Waals surface area contributed by atoms with Crippen molar-refractivity contribution in [2.45, 2.75) is 0 Å². The van der Waals surface area contributed by atoms with Crippen molar-refractivity contribution in [3.05, 3.63) is 52.9 Å². The molecule has 1 aromatic heterocycles. The first-order chi connectivity index (χ1) is 9.11. The molecule has 5 nitrogen and oxygen atoms in total. The Kier molecular flexibility index (Phi) is 3.87. The van der Waals surface area contributed by atoms with Gasteiger partial charge in [-0.1, -0.05) is 11.6 Å². The van der Waals surface area contributed by atoms with E-state index in [9.17, 15) is 9.59 Å². The summed E-state index contributed by atoms with van der Waals surface area (Å²) in [5, 5.41) is 2.87. The average Bonchev–Trinajstić information content (AvgIpc) is 2.94. The molecule has 0 saturated carbocycles. The number of methoxy groups -OCH3 is 1. The van der Waals surface area contributed by atoms with E-state index in [2.05, 4.69) is 10.1 Å². The van der Waals surface area contributed by atoms with Crippen LogP contribution in [0.15, 0.2) is 41.0 Å². The van der Waals surface area contributed by atoms with Gasteiger partial charge in [0.15, 0.2) is 5.76 Å². The molecule has 2 rings (SSSR count). The lowest BCUT2D eigenvalue weighted by molar-refractivity contribution is 0.0600. The van der Waals surface area contributed by atoms with Crippen LogP contribution in [0.3, 0.4) is 0 Å². The summed E-state index contributed by atoms with van der Waals surface area (Å²) in [6, 6.07) is 7.58. The number of benzene rings is 1. The van der Waals surface area contributed by atoms with Crippen molar-refractivity contribution in [1.29, 1.82) is 0 Å². The molecule has 6 heteroatoms. The molecule has 0 atom stereocenters. The molecule has 1 amide bonds. The minimum atomic E-state index is -0.509. The number of amides is 1. The zero-order valence-electron chi connectivity index (χ0n) is 9.98. The molecule has 0 aliphatic carbocycles. The van der Waals surface area contributed by atoms with Crippen molar-refractivity contribution >= 4 is 29.2 Å². The molecule has 0 fully saturated rings. The largest absolute Gasteiger partial charge is 0.465 e. The maximum atomic E-state index is 11.8. The van der Waals surface area contributed by atoms with Crippen LogP contribution in [0, 0.1) is 0 Å². The number of hydrogen-bond donors (Lipinski definition) is 1. The summed E-state index contributed by atoms with van der Waals surface area (Å²) in [5.41, 5.74) is 0.604. The first-order valence-electron chi connectivity index (χ1n) is 5.34. The minimum Gasteiger partial charge on any atom is -0.465 e. The first kappa shape index (κ1) is 13.2. The molecular weight excluding hydrogens is 270 g/mol. The second kappa shape index (κ2) is 5.58. The number of ether oxygens (including phenoxy) is 1. The molecule has 0 aliphatic heterocycles. The topological polar surface area (TPSA) is 68.5 Å². The zero-order valence-corrected chi connectivity index (χ0v) is 10.7. The first-order valence-corrected chi connectivity index (χ1v) is 5.72. The van der Waals surface area contributed by atoms with E-state index in [-0.39, 0.29) is 5.76 Å². The third-order valence-electron chi connectivity index (χ3n) is 2.38. The van der Waals surface area contributed by atoms with E-state index in [1.807, 2.05) is 0 Å². The summed E-state index contributed by atoms with van der Waals surface area (Å²) in [5.74, 6) is -0.807. The Bertz CT molecular complexity index is 607. The van der Waals surface area contributed by atoms with E-state index in [0.29, 0.717) is 16.3 Å². The third-order valence-corrected chi connectivity index (χ3v) is 2.71. The van der Waals surface area contributed by atoms with Crippen molar-refractivity contribution in [2.24, 2.45) is 0 Å². The van der Waals surface area contributed by atoms with E-state index in [4.69, 9.17) is 16.0 Å². The second-order valence-corrected chi connectivity index (χ2v) is 4.02. The molecule has 0 unspecified atom stereocenters. The lowest BCUT2D eigenvalue weighted by Gasteiger charge is -2.07. The van der Waals surface area contributed by atoms with Gasteiger partial charge in [-0.3, -0.25) is 4.79 Å². The summed E-state index contributed by atoms with van der Waals surface area (Å²) in [4.78, 5) is 23.2. The van der Waals surface area contributed by atoms with E-state index in [0.717, 1.165) is 0 Å². The fourth-order valence-corrected chi connectivity index (χ4v) is 1.62. The van der Waals surface area contributed by atoms with Gasteiger partial charge in [0.05, 0.1) is 29.6 Å². The fourth-order valence-electron chi connectivity index (χ4n) is 1.46. The van der Waals surface area contributed by atoms with Gasteiger partial charge in [0, 0.05) is 0 Å². The molecule has 1 heterocycles. The molecule has 2 aromatic rings. The summed E-state index contributed by atoms with van der Waals surface area (Å²) in [7, 11) is 1.28. The van der Waals surface area contributed by atoms with Crippen LogP contribution in [0.1, 0.15) is 20.9 Å². The molecule has 0 aliphatic rings. The predicted octanol–water partition coefficient (Wildman–Crippen LogP) is 2.97. The lowest BCUT2D eigenvalue weighted by atomic mass is 10.2. The smallest absolute Gasteiger partial charge is 0.337 e. The van der Waals surface area contributed by atoms with Gasteiger partial charge in [0.25, 0.3) is 5.91 Å². The van der Waals surface area contributed by atoms with Gasteiger partial charge in [0.1, 0.15) is 0 Å². The molecule has 0 spiro atoms. The highest BCUT2D eigenvalue weighted by atomic mass is 35.5. The predicted molar refractivity (Wildman–Crippen MR) is 69.5 cm³/mol. The summed E-state index contributed by atoms with van der Waals surface area (Å²) in [6.07, 6.45) is 1.39. The van der Waals surface area contributed by atoms with Gasteiger partial charge >= 0.3 is 5.97 Å². The zero-order chi connectivity index (χ0) is 13.8. The number of halogens is 1. The number of carbonyl (C=O) groups is 2. The van der Waals surface area contributed by atoms with E-state index >= 15 is 0 Å². The van der Waals surface area contributed by atoms with Crippen LogP contribution < -0.4 is 5.32 Å². The molecule has 1 aromatic carbocycles. The normalized spacial score (nSPS) is 10.0. The number of nitrogens with one attached hydrogen (secondary N) is 1. The Morgan fingerprint density at radius 2 is 2.11 bits per heavy atom. The van der Waals surface area contributed by atoms with Crippen LogP contribution in [0.25, 0.3) is 0 Å². The van der Waals surface area contributed by atoms with E-state index < -0.39 is 11.9 Å². The Balaban J connectivity index is 2.24. The molecular formula is C13H10ClNO4. The maximum Gasteiger partial charge on any atom is 0.337 e. The van der Waals surface area contributed by atoms with Gasteiger partial charge < -0.3 is 14.5 Å². The van der Waals surface area contributed by atoms with Crippen molar-refractivity contribution in [3.63, 3.8) is 0 Å². The molecule has 98 valence electrons. The fraction of sp³-hybridized carbons (Fsp3) is 0.0769. The van der Waals surface area contributed by atoms with Crippen LogP contribution >= 0.6 is 11.6 Å². The third kappa shape index (κ3) is 2.95. The Morgan fingerprint density at radius 1 is 1.32 bits per heavy atom. The van der Waals surface area contributed by atoms with Crippen molar-refractivity contribution in [1.82, 2.24) is 0 Å².